The lowest BCUT2D eigenvalue weighted by atomic mass is 10.00. The van der Waals surface area contributed by atoms with Crippen LogP contribution in [-0.4, -0.2) is 12.3 Å². The Morgan fingerprint density at radius 3 is 2.21 bits per heavy atom. The quantitative estimate of drug-likeness (QED) is 0.353. The second-order valence-corrected chi connectivity index (χ2v) is 5.99. The molecule has 0 bridgehead atoms. The highest BCUT2D eigenvalue weighted by atomic mass is 31.1. The van der Waals surface area contributed by atoms with Crippen LogP contribution in [0.4, 0.5) is 0 Å². The summed E-state index contributed by atoms with van der Waals surface area (Å²) in [6.45, 7) is 6.99. The summed E-state index contributed by atoms with van der Waals surface area (Å²) in [4.78, 5) is 0. The highest BCUT2D eigenvalue weighted by Crippen LogP contribution is 2.18. The summed E-state index contributed by atoms with van der Waals surface area (Å²) in [5.74, 6) is 0.971. The molecule has 0 spiro atoms. The number of rotatable bonds is 10. The van der Waals surface area contributed by atoms with Gasteiger partial charge in [0.05, 0.1) is 0 Å². The molecule has 0 aliphatic carbocycles. The van der Waals surface area contributed by atoms with E-state index in [1.165, 1.54) is 65.9 Å². The third kappa shape index (κ3) is 10.5. The minimum Gasteiger partial charge on any atom is -0.122 e. The molecular formula is C13H29P. The van der Waals surface area contributed by atoms with Crippen molar-refractivity contribution in [2.24, 2.45) is 5.92 Å². The summed E-state index contributed by atoms with van der Waals surface area (Å²) in [5, 5.41) is 0. The molecule has 0 rings (SSSR count). The first-order valence-electron chi connectivity index (χ1n) is 6.52. The van der Waals surface area contributed by atoms with Crippen LogP contribution in [0.3, 0.4) is 0 Å². The highest BCUT2D eigenvalue weighted by Gasteiger charge is 1.99. The SMILES string of the molecule is CCCCPCCCCC(C)CCC. The van der Waals surface area contributed by atoms with E-state index in [0.29, 0.717) is 0 Å². The van der Waals surface area contributed by atoms with E-state index in [-0.39, 0.29) is 0 Å². The van der Waals surface area contributed by atoms with Gasteiger partial charge in [0, 0.05) is 0 Å². The van der Waals surface area contributed by atoms with Crippen LogP contribution in [0.5, 0.6) is 0 Å². The highest BCUT2D eigenvalue weighted by molar-refractivity contribution is 7.37. The van der Waals surface area contributed by atoms with Gasteiger partial charge in [-0.3, -0.25) is 0 Å². The predicted molar refractivity (Wildman–Crippen MR) is 70.9 cm³/mol. The summed E-state index contributed by atoms with van der Waals surface area (Å²) < 4.78 is 0. The van der Waals surface area contributed by atoms with Gasteiger partial charge in [-0.2, -0.15) is 0 Å². The molecule has 0 nitrogen and oxygen atoms in total. The van der Waals surface area contributed by atoms with Gasteiger partial charge in [0.2, 0.25) is 0 Å². The minimum atomic E-state index is 0.971. The summed E-state index contributed by atoms with van der Waals surface area (Å²) >= 11 is 0. The maximum atomic E-state index is 2.41. The molecular weight excluding hydrogens is 187 g/mol. The van der Waals surface area contributed by atoms with E-state index < -0.39 is 0 Å². The Kier molecular flexibility index (Phi) is 11.9. The lowest BCUT2D eigenvalue weighted by Crippen LogP contribution is -1.94. The van der Waals surface area contributed by atoms with Gasteiger partial charge in [-0.1, -0.05) is 52.9 Å². The number of unbranched alkanes of at least 4 members (excludes halogenated alkanes) is 2. The molecule has 0 N–H and O–H groups in total. The average molecular weight is 216 g/mol. The van der Waals surface area contributed by atoms with Crippen LogP contribution >= 0.6 is 8.58 Å². The second-order valence-electron chi connectivity index (χ2n) is 4.49. The molecule has 0 saturated carbocycles. The van der Waals surface area contributed by atoms with Crippen molar-refractivity contribution in [1.29, 1.82) is 0 Å². The van der Waals surface area contributed by atoms with E-state index in [0.717, 1.165) is 5.92 Å². The average Bonchev–Trinajstić information content (AvgIpc) is 2.17. The van der Waals surface area contributed by atoms with Crippen LogP contribution in [-0.2, 0) is 0 Å². The smallest absolute Gasteiger partial charge is 0.0353 e. The summed E-state index contributed by atoms with van der Waals surface area (Å²) in [6, 6.07) is 0. The zero-order chi connectivity index (χ0) is 10.6. The third-order valence-electron chi connectivity index (χ3n) is 2.79. The Morgan fingerprint density at radius 2 is 1.57 bits per heavy atom. The Balaban J connectivity index is 2.98. The topological polar surface area (TPSA) is 0 Å². The molecule has 0 aromatic rings. The monoisotopic (exact) mass is 216 g/mol. The van der Waals surface area contributed by atoms with Crippen molar-refractivity contribution >= 4 is 8.58 Å². The predicted octanol–water partition coefficient (Wildman–Crippen LogP) is 5.07. The van der Waals surface area contributed by atoms with Crippen LogP contribution in [0.15, 0.2) is 0 Å². The number of hydrogen-bond acceptors (Lipinski definition) is 0. The van der Waals surface area contributed by atoms with Crippen molar-refractivity contribution < 1.29 is 0 Å². The molecule has 1 heteroatoms. The van der Waals surface area contributed by atoms with Crippen molar-refractivity contribution in [3.63, 3.8) is 0 Å². The van der Waals surface area contributed by atoms with E-state index in [9.17, 15) is 0 Å². The van der Waals surface area contributed by atoms with Crippen molar-refractivity contribution in [3.05, 3.63) is 0 Å². The minimum absolute atomic E-state index is 0.971. The van der Waals surface area contributed by atoms with E-state index in [4.69, 9.17) is 0 Å². The molecule has 0 radical (unpaired) electrons. The van der Waals surface area contributed by atoms with Gasteiger partial charge in [0.15, 0.2) is 0 Å². The third-order valence-corrected chi connectivity index (χ3v) is 4.20. The zero-order valence-electron chi connectivity index (χ0n) is 10.4. The van der Waals surface area contributed by atoms with Crippen LogP contribution in [0.1, 0.15) is 65.7 Å². The standard InChI is InChI=1S/C13H29P/c1-4-6-11-14-12-8-7-10-13(3)9-5-2/h13-14H,4-12H2,1-3H3. The van der Waals surface area contributed by atoms with Crippen LogP contribution in [0.25, 0.3) is 0 Å². The Bertz CT molecular complexity index is 101. The van der Waals surface area contributed by atoms with Crippen molar-refractivity contribution in [1.82, 2.24) is 0 Å². The van der Waals surface area contributed by atoms with Gasteiger partial charge >= 0.3 is 0 Å². The first-order valence-corrected chi connectivity index (χ1v) is 7.93. The lowest BCUT2D eigenvalue weighted by Gasteiger charge is -2.09. The summed E-state index contributed by atoms with van der Waals surface area (Å²) in [7, 11) is 1.24. The maximum Gasteiger partial charge on any atom is -0.0353 e. The molecule has 0 aliphatic heterocycles. The fourth-order valence-corrected chi connectivity index (χ4v) is 3.16. The van der Waals surface area contributed by atoms with E-state index >= 15 is 0 Å². The molecule has 0 saturated heterocycles. The van der Waals surface area contributed by atoms with E-state index in [1.54, 1.807) is 0 Å². The first kappa shape index (κ1) is 14.4. The Hall–Kier alpha value is 0.430. The molecule has 14 heavy (non-hydrogen) atoms. The fraction of sp³-hybridized carbons (Fsp3) is 1.00. The largest absolute Gasteiger partial charge is 0.122 e. The molecule has 0 amide bonds. The second kappa shape index (κ2) is 11.5. The maximum absolute atomic E-state index is 2.41. The van der Waals surface area contributed by atoms with E-state index in [2.05, 4.69) is 20.8 Å². The molecule has 0 aromatic heterocycles. The molecule has 0 aromatic carbocycles. The van der Waals surface area contributed by atoms with Gasteiger partial charge in [-0.15, -0.1) is 8.58 Å². The normalized spacial score (nSPS) is 13.9. The first-order chi connectivity index (χ1) is 6.81. The van der Waals surface area contributed by atoms with Gasteiger partial charge in [0.25, 0.3) is 0 Å². The van der Waals surface area contributed by atoms with Crippen molar-refractivity contribution in [2.45, 2.75) is 65.7 Å². The van der Waals surface area contributed by atoms with Crippen molar-refractivity contribution in [3.8, 4) is 0 Å². The van der Waals surface area contributed by atoms with Gasteiger partial charge in [-0.05, 0) is 31.1 Å². The zero-order valence-corrected chi connectivity index (χ0v) is 11.4. The molecule has 86 valence electrons. The molecule has 0 fully saturated rings. The summed E-state index contributed by atoms with van der Waals surface area (Å²) in [6.07, 6.45) is 13.0. The van der Waals surface area contributed by atoms with Crippen LogP contribution < -0.4 is 0 Å². The summed E-state index contributed by atoms with van der Waals surface area (Å²) in [5.41, 5.74) is 0. The van der Waals surface area contributed by atoms with Crippen LogP contribution in [0, 0.1) is 5.92 Å². The van der Waals surface area contributed by atoms with Gasteiger partial charge < -0.3 is 0 Å². The Morgan fingerprint density at radius 1 is 0.857 bits per heavy atom. The molecule has 2 atom stereocenters. The van der Waals surface area contributed by atoms with Gasteiger partial charge in [-0.25, -0.2) is 0 Å². The number of hydrogen-bond donors (Lipinski definition) is 0. The fourth-order valence-electron chi connectivity index (χ4n) is 1.81. The Labute approximate surface area is 93.0 Å². The van der Waals surface area contributed by atoms with Crippen LogP contribution in [0.2, 0.25) is 0 Å². The van der Waals surface area contributed by atoms with Crippen molar-refractivity contribution in [2.75, 3.05) is 12.3 Å². The van der Waals surface area contributed by atoms with Gasteiger partial charge in [0.1, 0.15) is 0 Å². The molecule has 2 unspecified atom stereocenters. The van der Waals surface area contributed by atoms with E-state index in [1.807, 2.05) is 0 Å². The lowest BCUT2D eigenvalue weighted by molar-refractivity contribution is 0.467. The molecule has 0 heterocycles. The molecule has 0 aliphatic rings.